The fourth-order valence-electron chi connectivity index (χ4n) is 3.02. The minimum Gasteiger partial charge on any atom is -0.496 e. The minimum absolute atomic E-state index is 0.183. The molecule has 2 rings (SSSR count). The molecule has 2 N–H and O–H groups in total. The number of amides is 1. The summed E-state index contributed by atoms with van der Waals surface area (Å²) < 4.78 is 5.23. The van der Waals surface area contributed by atoms with Crippen LogP contribution in [0.5, 0.6) is 5.75 Å². The van der Waals surface area contributed by atoms with Gasteiger partial charge in [-0.1, -0.05) is 25.1 Å². The summed E-state index contributed by atoms with van der Waals surface area (Å²) in [5.74, 6) is -1.08. The minimum atomic E-state index is -0.878. The quantitative estimate of drug-likeness (QED) is 0.870. The van der Waals surface area contributed by atoms with E-state index in [0.29, 0.717) is 25.1 Å². The van der Waals surface area contributed by atoms with Crippen molar-refractivity contribution in [2.45, 2.75) is 26.3 Å². The summed E-state index contributed by atoms with van der Waals surface area (Å²) in [6.07, 6.45) is 1.21. The molecule has 0 spiro atoms. The van der Waals surface area contributed by atoms with Gasteiger partial charge in [0.15, 0.2) is 0 Å². The molecule has 114 valence electrons. The Hall–Kier alpha value is -2.04. The molecule has 0 radical (unpaired) electrons. The third-order valence-electron chi connectivity index (χ3n) is 4.10. The first-order valence-corrected chi connectivity index (χ1v) is 7.15. The molecular formula is C16H21NO4. The maximum Gasteiger partial charge on any atom is 0.307 e. The van der Waals surface area contributed by atoms with E-state index >= 15 is 0 Å². The molecule has 5 nitrogen and oxygen atoms in total. The Morgan fingerprint density at radius 1 is 1.29 bits per heavy atom. The van der Waals surface area contributed by atoms with Crippen LogP contribution in [-0.2, 0) is 16.1 Å². The summed E-state index contributed by atoms with van der Waals surface area (Å²) in [7, 11) is 1.58. The molecule has 1 aliphatic rings. The third-order valence-corrected chi connectivity index (χ3v) is 4.10. The van der Waals surface area contributed by atoms with Gasteiger partial charge >= 0.3 is 5.97 Å². The van der Waals surface area contributed by atoms with E-state index in [4.69, 9.17) is 4.74 Å². The van der Waals surface area contributed by atoms with Gasteiger partial charge in [-0.2, -0.15) is 0 Å². The predicted octanol–water partition coefficient (Wildman–Crippen LogP) is 2.06. The molecular weight excluding hydrogens is 270 g/mol. The normalized spacial score (nSPS) is 24.6. The van der Waals surface area contributed by atoms with Gasteiger partial charge in [0.25, 0.3) is 0 Å². The Labute approximate surface area is 124 Å². The van der Waals surface area contributed by atoms with E-state index in [9.17, 15) is 14.7 Å². The number of carbonyl (C=O) groups excluding carboxylic acids is 1. The lowest BCUT2D eigenvalue weighted by molar-refractivity contribution is -0.146. The van der Waals surface area contributed by atoms with Crippen molar-refractivity contribution in [1.29, 1.82) is 0 Å². The lowest BCUT2D eigenvalue weighted by atomic mass is 9.95. The molecule has 0 aromatic heterocycles. The third kappa shape index (κ3) is 3.54. The second-order valence-corrected chi connectivity index (χ2v) is 5.66. The summed E-state index contributed by atoms with van der Waals surface area (Å²) in [6, 6.07) is 7.45. The molecule has 1 saturated carbocycles. The highest BCUT2D eigenvalue weighted by molar-refractivity contribution is 5.85. The summed E-state index contributed by atoms with van der Waals surface area (Å²) in [6.45, 7) is 2.34. The average Bonchev–Trinajstić information content (AvgIpc) is 2.87. The molecule has 1 aliphatic carbocycles. The van der Waals surface area contributed by atoms with Crippen molar-refractivity contribution in [3.8, 4) is 5.75 Å². The van der Waals surface area contributed by atoms with Crippen LogP contribution in [0.4, 0.5) is 0 Å². The van der Waals surface area contributed by atoms with Gasteiger partial charge < -0.3 is 15.2 Å². The SMILES string of the molecule is COc1ccccc1CNC(=O)C1CC(C)CC1C(=O)O. The van der Waals surface area contributed by atoms with Crippen molar-refractivity contribution in [2.24, 2.45) is 17.8 Å². The molecule has 1 aromatic rings. The Kier molecular flexibility index (Phi) is 4.83. The second-order valence-electron chi connectivity index (χ2n) is 5.66. The first-order chi connectivity index (χ1) is 10.0. The van der Waals surface area contributed by atoms with Crippen LogP contribution in [0.15, 0.2) is 24.3 Å². The van der Waals surface area contributed by atoms with Crippen molar-refractivity contribution < 1.29 is 19.4 Å². The number of ether oxygens (including phenoxy) is 1. The van der Waals surface area contributed by atoms with Crippen molar-refractivity contribution in [3.63, 3.8) is 0 Å². The number of carbonyl (C=O) groups is 2. The van der Waals surface area contributed by atoms with Crippen LogP contribution in [0.25, 0.3) is 0 Å². The van der Waals surface area contributed by atoms with Crippen LogP contribution in [-0.4, -0.2) is 24.1 Å². The number of benzene rings is 1. The van der Waals surface area contributed by atoms with Gasteiger partial charge in [-0.3, -0.25) is 9.59 Å². The van der Waals surface area contributed by atoms with E-state index < -0.39 is 17.8 Å². The molecule has 5 heteroatoms. The van der Waals surface area contributed by atoms with Gasteiger partial charge in [0.1, 0.15) is 5.75 Å². The van der Waals surface area contributed by atoms with E-state index in [2.05, 4.69) is 5.32 Å². The van der Waals surface area contributed by atoms with Gasteiger partial charge in [-0.25, -0.2) is 0 Å². The van der Waals surface area contributed by atoms with Crippen molar-refractivity contribution in [2.75, 3.05) is 7.11 Å². The zero-order chi connectivity index (χ0) is 15.4. The summed E-state index contributed by atoms with van der Waals surface area (Å²) >= 11 is 0. The first kappa shape index (κ1) is 15.4. The molecule has 0 aliphatic heterocycles. The van der Waals surface area contributed by atoms with Crippen molar-refractivity contribution in [1.82, 2.24) is 5.32 Å². The average molecular weight is 291 g/mol. The number of methoxy groups -OCH3 is 1. The van der Waals surface area contributed by atoms with Gasteiger partial charge in [-0.15, -0.1) is 0 Å². The van der Waals surface area contributed by atoms with E-state index in [1.165, 1.54) is 0 Å². The largest absolute Gasteiger partial charge is 0.496 e. The van der Waals surface area contributed by atoms with Gasteiger partial charge in [0.05, 0.1) is 18.9 Å². The zero-order valence-corrected chi connectivity index (χ0v) is 12.3. The fraction of sp³-hybridized carbons (Fsp3) is 0.500. The highest BCUT2D eigenvalue weighted by Crippen LogP contribution is 2.36. The molecule has 3 atom stereocenters. The fourth-order valence-corrected chi connectivity index (χ4v) is 3.02. The lowest BCUT2D eigenvalue weighted by Gasteiger charge is -2.16. The topological polar surface area (TPSA) is 75.6 Å². The van der Waals surface area contributed by atoms with E-state index in [-0.39, 0.29) is 11.8 Å². The second kappa shape index (κ2) is 6.61. The lowest BCUT2D eigenvalue weighted by Crippen LogP contribution is -2.35. The number of hydrogen-bond donors (Lipinski definition) is 2. The van der Waals surface area contributed by atoms with Gasteiger partial charge in [0.2, 0.25) is 5.91 Å². The maximum atomic E-state index is 12.3. The highest BCUT2D eigenvalue weighted by atomic mass is 16.5. The van der Waals surface area contributed by atoms with E-state index in [1.807, 2.05) is 31.2 Å². The molecule has 1 aromatic carbocycles. The smallest absolute Gasteiger partial charge is 0.307 e. The molecule has 21 heavy (non-hydrogen) atoms. The number of carboxylic acids is 1. The number of rotatable bonds is 5. The summed E-state index contributed by atoms with van der Waals surface area (Å²) in [4.78, 5) is 23.5. The van der Waals surface area contributed by atoms with Crippen LogP contribution < -0.4 is 10.1 Å². The Balaban J connectivity index is 2.00. The zero-order valence-electron chi connectivity index (χ0n) is 12.3. The monoisotopic (exact) mass is 291 g/mol. The molecule has 1 amide bonds. The molecule has 0 heterocycles. The van der Waals surface area contributed by atoms with Gasteiger partial charge in [0, 0.05) is 12.1 Å². The standard InChI is InChI=1S/C16H21NO4/c1-10-7-12(13(8-10)16(19)20)15(18)17-9-11-5-3-4-6-14(11)21-2/h3-6,10,12-13H,7-9H2,1-2H3,(H,17,18)(H,19,20). The number of para-hydroxylation sites is 1. The van der Waals surface area contributed by atoms with Crippen molar-refractivity contribution in [3.05, 3.63) is 29.8 Å². The van der Waals surface area contributed by atoms with Crippen molar-refractivity contribution >= 4 is 11.9 Å². The molecule has 1 fully saturated rings. The Morgan fingerprint density at radius 2 is 1.95 bits per heavy atom. The maximum absolute atomic E-state index is 12.3. The molecule has 3 unspecified atom stereocenters. The summed E-state index contributed by atoms with van der Waals surface area (Å²) in [5.41, 5.74) is 0.881. The van der Waals surface area contributed by atoms with Crippen LogP contribution in [0, 0.1) is 17.8 Å². The predicted molar refractivity (Wildman–Crippen MR) is 77.9 cm³/mol. The summed E-state index contributed by atoms with van der Waals surface area (Å²) in [5, 5.41) is 12.1. The highest BCUT2D eigenvalue weighted by Gasteiger charge is 2.41. The Morgan fingerprint density at radius 3 is 2.62 bits per heavy atom. The van der Waals surface area contributed by atoms with Crippen LogP contribution in [0.1, 0.15) is 25.3 Å². The number of carboxylic acid groups (broad SMARTS) is 1. The number of hydrogen-bond acceptors (Lipinski definition) is 3. The molecule has 0 bridgehead atoms. The van der Waals surface area contributed by atoms with Gasteiger partial charge in [-0.05, 0) is 24.8 Å². The molecule has 0 saturated heterocycles. The van der Waals surface area contributed by atoms with E-state index in [1.54, 1.807) is 7.11 Å². The number of aliphatic carboxylic acids is 1. The first-order valence-electron chi connectivity index (χ1n) is 7.15. The van der Waals surface area contributed by atoms with Crippen LogP contribution in [0.2, 0.25) is 0 Å². The van der Waals surface area contributed by atoms with E-state index in [0.717, 1.165) is 5.56 Å². The van der Waals surface area contributed by atoms with Crippen LogP contribution in [0.3, 0.4) is 0 Å². The number of nitrogens with one attached hydrogen (secondary N) is 1. The van der Waals surface area contributed by atoms with Crippen LogP contribution >= 0.6 is 0 Å². The Bertz CT molecular complexity index is 529.